The molecule has 208 valence electrons. The van der Waals surface area contributed by atoms with Crippen molar-refractivity contribution in [2.45, 2.75) is 43.8 Å². The number of rotatable bonds is 5. The third-order valence-corrected chi connectivity index (χ3v) is 7.38. The molecule has 0 radical (unpaired) electrons. The fourth-order valence-corrected chi connectivity index (χ4v) is 5.35. The van der Waals surface area contributed by atoms with Gasteiger partial charge in [0.15, 0.2) is 5.69 Å². The molecule has 0 bridgehead atoms. The quantitative estimate of drug-likeness (QED) is 0.200. The standard InChI is InChI=1S/C26H24F3N7O3S/c27-26(28,29)24-35-19(23(40-24)33-16-11-6-12-17(16)37)20(30)39-25(31)36-21-22(38)32-15-10-5-4-9-14(15)18(34-21)13-7-2-1-3-8-13/h1-5,7-10,16-17,21,30,33,37H,6,11-12H2,(H2,31,36)(H,32,38)/t16-,17+,21+/m0/s1. The van der Waals surface area contributed by atoms with Crippen molar-refractivity contribution < 1.29 is 27.8 Å². The molecule has 0 saturated heterocycles. The van der Waals surface area contributed by atoms with Crippen molar-refractivity contribution in [1.29, 1.82) is 10.8 Å². The van der Waals surface area contributed by atoms with Crippen molar-refractivity contribution in [1.82, 2.24) is 10.3 Å². The highest BCUT2D eigenvalue weighted by molar-refractivity contribution is 7.16. The number of benzene rings is 2. The van der Waals surface area contributed by atoms with Gasteiger partial charge in [-0.15, -0.1) is 0 Å². The molecule has 0 unspecified atom stereocenters. The van der Waals surface area contributed by atoms with Crippen LogP contribution in [0.3, 0.4) is 0 Å². The number of fused-ring (bicyclic) bond motifs is 1. The summed E-state index contributed by atoms with van der Waals surface area (Å²) in [5, 5.41) is 33.4. The summed E-state index contributed by atoms with van der Waals surface area (Å²) in [6.45, 7) is 0. The molecule has 0 spiro atoms. The summed E-state index contributed by atoms with van der Waals surface area (Å²) in [6, 6.07) is 14.8. The van der Waals surface area contributed by atoms with E-state index in [1.165, 1.54) is 0 Å². The van der Waals surface area contributed by atoms with Gasteiger partial charge in [0.2, 0.25) is 17.1 Å². The highest BCUT2D eigenvalue weighted by Gasteiger charge is 2.38. The largest absolute Gasteiger partial charge is 0.443 e. The fourth-order valence-electron chi connectivity index (χ4n) is 4.46. The summed E-state index contributed by atoms with van der Waals surface area (Å²) in [5.74, 6) is -1.45. The Hall–Kier alpha value is -4.30. The first-order valence-electron chi connectivity index (χ1n) is 12.3. The number of amides is 1. The lowest BCUT2D eigenvalue weighted by Gasteiger charge is -2.18. The van der Waals surface area contributed by atoms with Gasteiger partial charge in [-0.25, -0.2) is 9.98 Å². The number of aromatic nitrogens is 1. The van der Waals surface area contributed by atoms with Crippen molar-refractivity contribution >= 4 is 45.6 Å². The number of nitrogens with one attached hydrogen (secondary N) is 5. The topological polar surface area (TPSA) is 156 Å². The Bertz CT molecular complexity index is 1480. The molecule has 10 nitrogen and oxygen atoms in total. The molecule has 2 aromatic carbocycles. The van der Waals surface area contributed by atoms with Crippen LogP contribution in [0, 0.1) is 10.8 Å². The van der Waals surface area contributed by atoms with Gasteiger partial charge in [0.05, 0.1) is 23.5 Å². The first-order chi connectivity index (χ1) is 19.1. The van der Waals surface area contributed by atoms with E-state index in [1.807, 2.05) is 30.3 Å². The van der Waals surface area contributed by atoms with E-state index in [0.717, 1.165) is 0 Å². The molecule has 1 fully saturated rings. The van der Waals surface area contributed by atoms with Crippen LogP contribution in [-0.2, 0) is 15.7 Å². The van der Waals surface area contributed by atoms with Crippen molar-refractivity contribution in [3.8, 4) is 0 Å². The molecule has 2 heterocycles. The smallest absolute Gasteiger partial charge is 0.405 e. The Morgan fingerprint density at radius 1 is 1.10 bits per heavy atom. The van der Waals surface area contributed by atoms with Crippen LogP contribution < -0.4 is 16.0 Å². The summed E-state index contributed by atoms with van der Waals surface area (Å²) < 4.78 is 45.5. The van der Waals surface area contributed by atoms with E-state index in [9.17, 15) is 23.1 Å². The Morgan fingerprint density at radius 3 is 2.52 bits per heavy atom. The maximum Gasteiger partial charge on any atom is 0.443 e. The second kappa shape index (κ2) is 11.1. The van der Waals surface area contributed by atoms with Crippen LogP contribution in [-0.4, -0.2) is 51.9 Å². The number of aliphatic hydroxyl groups excluding tert-OH is 1. The predicted octanol–water partition coefficient (Wildman–Crippen LogP) is 4.17. The highest BCUT2D eigenvalue weighted by atomic mass is 32.1. The molecule has 3 atom stereocenters. The molecule has 2 aliphatic rings. The number of para-hydroxylation sites is 1. The van der Waals surface area contributed by atoms with Crippen molar-refractivity contribution in [3.63, 3.8) is 0 Å². The summed E-state index contributed by atoms with van der Waals surface area (Å²) >= 11 is 0.284. The van der Waals surface area contributed by atoms with Crippen LogP contribution in [0.15, 0.2) is 59.6 Å². The number of carbonyl (C=O) groups excluding carboxylic acids is 1. The number of alkyl halides is 3. The highest BCUT2D eigenvalue weighted by Crippen LogP contribution is 2.38. The molecule has 14 heteroatoms. The average Bonchev–Trinajstić information content (AvgIpc) is 3.50. The number of amidine groups is 1. The summed E-state index contributed by atoms with van der Waals surface area (Å²) in [4.78, 5) is 21.0. The number of ether oxygens (including phenoxy) is 1. The summed E-state index contributed by atoms with van der Waals surface area (Å²) in [7, 11) is 0. The molecule has 5 rings (SSSR count). The monoisotopic (exact) mass is 571 g/mol. The fraction of sp³-hybridized carbons (Fsp3) is 0.269. The molecule has 1 aliphatic carbocycles. The Morgan fingerprint density at radius 2 is 1.82 bits per heavy atom. The number of hydrogen-bond donors (Lipinski definition) is 6. The van der Waals surface area contributed by atoms with E-state index in [1.54, 1.807) is 24.3 Å². The van der Waals surface area contributed by atoms with Gasteiger partial charge in [-0.1, -0.05) is 59.9 Å². The van der Waals surface area contributed by atoms with Gasteiger partial charge in [0, 0.05) is 11.1 Å². The molecule has 40 heavy (non-hydrogen) atoms. The number of halogens is 3. The van der Waals surface area contributed by atoms with Crippen LogP contribution in [0.2, 0.25) is 0 Å². The molecule has 1 aliphatic heterocycles. The summed E-state index contributed by atoms with van der Waals surface area (Å²) in [6.07, 6.45) is -5.15. The first-order valence-corrected chi connectivity index (χ1v) is 13.1. The second-order valence-corrected chi connectivity index (χ2v) is 10.1. The lowest BCUT2D eigenvalue weighted by molar-refractivity contribution is -0.137. The maximum absolute atomic E-state index is 13.4. The van der Waals surface area contributed by atoms with Crippen molar-refractivity contribution in [2.75, 3.05) is 10.6 Å². The number of thiazole rings is 1. The zero-order valence-electron chi connectivity index (χ0n) is 20.7. The second-order valence-electron chi connectivity index (χ2n) is 9.13. The minimum atomic E-state index is -4.77. The molecule has 1 amide bonds. The van der Waals surface area contributed by atoms with E-state index in [-0.39, 0.29) is 16.3 Å². The number of anilines is 2. The normalized spacial score (nSPS) is 20.6. The van der Waals surface area contributed by atoms with Crippen LogP contribution in [0.5, 0.6) is 0 Å². The molecule has 3 aromatic rings. The zero-order valence-corrected chi connectivity index (χ0v) is 21.6. The van der Waals surface area contributed by atoms with Gasteiger partial charge in [0.25, 0.3) is 11.9 Å². The van der Waals surface area contributed by atoms with E-state index in [2.05, 4.69) is 25.9 Å². The number of hydrogen-bond acceptors (Lipinski definition) is 9. The van der Waals surface area contributed by atoms with Crippen LogP contribution >= 0.6 is 11.3 Å². The SMILES string of the molecule is N=C(N[C@H]1N=C(c2ccccc2)c2ccccc2NC1=O)OC(=N)c1nc(C(F)(F)F)sc1N[C@H]1CCC[C@H]1O. The molecule has 6 N–H and O–H groups in total. The molecular formula is C26H24F3N7O3S. The first kappa shape index (κ1) is 27.3. The average molecular weight is 572 g/mol. The number of aliphatic hydroxyl groups is 1. The van der Waals surface area contributed by atoms with Crippen LogP contribution in [0.4, 0.5) is 23.9 Å². The molecular weight excluding hydrogens is 547 g/mol. The minimum absolute atomic E-state index is 0.108. The maximum atomic E-state index is 13.4. The van der Waals surface area contributed by atoms with E-state index >= 15 is 0 Å². The predicted molar refractivity (Wildman–Crippen MR) is 144 cm³/mol. The van der Waals surface area contributed by atoms with Crippen LogP contribution in [0.25, 0.3) is 0 Å². The van der Waals surface area contributed by atoms with Crippen molar-refractivity contribution in [3.05, 3.63) is 76.4 Å². The third kappa shape index (κ3) is 5.82. The number of nitrogens with zero attached hydrogens (tertiary/aromatic N) is 2. The van der Waals surface area contributed by atoms with Gasteiger partial charge < -0.3 is 25.8 Å². The number of carbonyl (C=O) groups is 1. The lowest BCUT2D eigenvalue weighted by atomic mass is 10.0. The lowest BCUT2D eigenvalue weighted by Crippen LogP contribution is -2.43. The zero-order chi connectivity index (χ0) is 28.4. The third-order valence-electron chi connectivity index (χ3n) is 6.35. The number of aliphatic imine (C=N–C) groups is 1. The van der Waals surface area contributed by atoms with E-state index in [0.29, 0.717) is 41.8 Å². The number of benzodiazepines with no additional fused rings is 1. The molecule has 1 aromatic heterocycles. The van der Waals surface area contributed by atoms with Gasteiger partial charge in [-0.2, -0.15) is 13.2 Å². The molecule has 1 saturated carbocycles. The van der Waals surface area contributed by atoms with Gasteiger partial charge in [-0.05, 0) is 25.3 Å². The Balaban J connectivity index is 1.37. The van der Waals surface area contributed by atoms with E-state index < -0.39 is 53.0 Å². The van der Waals surface area contributed by atoms with Gasteiger partial charge in [-0.3, -0.25) is 15.6 Å². The van der Waals surface area contributed by atoms with Gasteiger partial charge >= 0.3 is 6.18 Å². The van der Waals surface area contributed by atoms with E-state index in [4.69, 9.17) is 15.6 Å². The van der Waals surface area contributed by atoms with Gasteiger partial charge in [0.1, 0.15) is 5.00 Å². The summed E-state index contributed by atoms with van der Waals surface area (Å²) in [5.41, 5.74) is 1.87. The Kier molecular flexibility index (Phi) is 7.54. The Labute approximate surface area is 230 Å². The van der Waals surface area contributed by atoms with Crippen LogP contribution in [0.1, 0.15) is 41.1 Å². The minimum Gasteiger partial charge on any atom is -0.405 e. The van der Waals surface area contributed by atoms with Crippen molar-refractivity contribution in [2.24, 2.45) is 4.99 Å².